The van der Waals surface area contributed by atoms with Gasteiger partial charge < -0.3 is 10.6 Å². The van der Waals surface area contributed by atoms with E-state index in [1.54, 1.807) is 0 Å². The Morgan fingerprint density at radius 2 is 2.10 bits per heavy atom. The molecule has 0 saturated carbocycles. The molecule has 3 N–H and O–H groups in total. The van der Waals surface area contributed by atoms with E-state index in [0.29, 0.717) is 18.2 Å². The molecule has 1 atom stereocenters. The maximum Gasteiger partial charge on any atom is 0.433 e. The zero-order valence-electron chi connectivity index (χ0n) is 16.9. The fourth-order valence-corrected chi connectivity index (χ4v) is 3.47. The van der Waals surface area contributed by atoms with Gasteiger partial charge in [0.25, 0.3) is 0 Å². The van der Waals surface area contributed by atoms with E-state index >= 15 is 0 Å². The van der Waals surface area contributed by atoms with Crippen molar-refractivity contribution in [1.29, 1.82) is 5.41 Å². The van der Waals surface area contributed by atoms with Gasteiger partial charge in [-0.2, -0.15) is 13.2 Å². The number of fused-ring (bicyclic) bond motifs is 1. The molecule has 1 unspecified atom stereocenters. The van der Waals surface area contributed by atoms with Crippen LogP contribution in [0.4, 0.5) is 13.2 Å². The van der Waals surface area contributed by atoms with Gasteiger partial charge in [-0.15, -0.1) is 0 Å². The molecular formula is C22H26F3N5. The maximum absolute atomic E-state index is 12.8. The van der Waals surface area contributed by atoms with Crippen molar-refractivity contribution in [2.24, 2.45) is 10.9 Å². The van der Waals surface area contributed by atoms with Gasteiger partial charge in [0.05, 0.1) is 11.4 Å². The normalized spacial score (nSPS) is 18.9. The second-order valence-electron chi connectivity index (χ2n) is 7.63. The summed E-state index contributed by atoms with van der Waals surface area (Å²) < 4.78 is 38.3. The van der Waals surface area contributed by atoms with Crippen LogP contribution in [0.3, 0.4) is 0 Å². The zero-order valence-corrected chi connectivity index (χ0v) is 16.9. The van der Waals surface area contributed by atoms with Gasteiger partial charge in [0.15, 0.2) is 0 Å². The standard InChI is InChI=1S/C22H26F3N5/c1-15(13-30-10-8-17-5-3-4-6-18(17)14-30)12-28-16(2)19(26)11-21-27-9-7-20(29-21)22(23,24)25/h3-7,9,11,15,26-28H,2,8,10,12-14H2,1H3/b21-11+,26-19?. The Kier molecular flexibility index (Phi) is 6.77. The van der Waals surface area contributed by atoms with Crippen LogP contribution in [0.2, 0.25) is 0 Å². The number of allylic oxidation sites excluding steroid dienone is 2. The number of rotatable bonds is 7. The molecule has 1 aromatic rings. The van der Waals surface area contributed by atoms with Gasteiger partial charge in [0.1, 0.15) is 11.5 Å². The number of hydrogen-bond donors (Lipinski definition) is 3. The Morgan fingerprint density at radius 1 is 1.37 bits per heavy atom. The van der Waals surface area contributed by atoms with Gasteiger partial charge in [-0.1, -0.05) is 37.8 Å². The lowest BCUT2D eigenvalue weighted by atomic mass is 9.99. The number of halogens is 3. The summed E-state index contributed by atoms with van der Waals surface area (Å²) in [6, 6.07) is 8.49. The first kappa shape index (κ1) is 21.8. The third-order valence-corrected chi connectivity index (χ3v) is 5.05. The third-order valence-electron chi connectivity index (χ3n) is 5.05. The predicted molar refractivity (Wildman–Crippen MR) is 113 cm³/mol. The lowest BCUT2D eigenvalue weighted by molar-refractivity contribution is -0.0578. The Hall–Kier alpha value is -2.87. The molecule has 3 rings (SSSR count). The molecule has 30 heavy (non-hydrogen) atoms. The molecule has 0 spiro atoms. The first-order valence-corrected chi connectivity index (χ1v) is 9.84. The van der Waals surface area contributed by atoms with Gasteiger partial charge in [-0.05, 0) is 29.5 Å². The van der Waals surface area contributed by atoms with Gasteiger partial charge in [0.2, 0.25) is 0 Å². The summed E-state index contributed by atoms with van der Waals surface area (Å²) in [5.74, 6) is 0.274. The number of hydrogen-bond acceptors (Lipinski definition) is 5. The molecule has 160 valence electrons. The van der Waals surface area contributed by atoms with Crippen LogP contribution in [0.15, 0.2) is 65.7 Å². The molecule has 0 aromatic heterocycles. The SMILES string of the molecule is C=C(NCC(C)CN1CCc2ccccc2C1)C(=N)/C=C1/N=C(C(F)(F)F)C=CN1. The third kappa shape index (κ3) is 5.82. The van der Waals surface area contributed by atoms with Crippen LogP contribution in [0.5, 0.6) is 0 Å². The highest BCUT2D eigenvalue weighted by atomic mass is 19.4. The molecule has 0 bridgehead atoms. The molecule has 0 radical (unpaired) electrons. The van der Waals surface area contributed by atoms with Crippen LogP contribution in [-0.2, 0) is 13.0 Å². The summed E-state index contributed by atoms with van der Waals surface area (Å²) in [6.45, 7) is 9.43. The van der Waals surface area contributed by atoms with E-state index in [1.165, 1.54) is 17.2 Å². The van der Waals surface area contributed by atoms with Crippen LogP contribution in [0.25, 0.3) is 0 Å². The summed E-state index contributed by atoms with van der Waals surface area (Å²) >= 11 is 0. The molecule has 0 amide bonds. The van der Waals surface area contributed by atoms with Crippen LogP contribution in [0.1, 0.15) is 18.1 Å². The van der Waals surface area contributed by atoms with Gasteiger partial charge in [0, 0.05) is 38.5 Å². The average Bonchev–Trinajstić information content (AvgIpc) is 2.71. The fraction of sp³-hybridized carbons (Fsp3) is 0.364. The molecule has 5 nitrogen and oxygen atoms in total. The molecule has 1 aromatic carbocycles. The highest BCUT2D eigenvalue weighted by molar-refractivity contribution is 6.06. The zero-order chi connectivity index (χ0) is 21.7. The second kappa shape index (κ2) is 9.30. The minimum Gasteiger partial charge on any atom is -0.383 e. The van der Waals surface area contributed by atoms with Gasteiger partial charge >= 0.3 is 6.18 Å². The Morgan fingerprint density at radius 3 is 2.83 bits per heavy atom. The van der Waals surface area contributed by atoms with Gasteiger partial charge in [-0.3, -0.25) is 10.3 Å². The van der Waals surface area contributed by atoms with Crippen LogP contribution in [0, 0.1) is 11.3 Å². The van der Waals surface area contributed by atoms with E-state index in [4.69, 9.17) is 5.41 Å². The number of nitrogens with zero attached hydrogens (tertiary/aromatic N) is 2. The predicted octanol–water partition coefficient (Wildman–Crippen LogP) is 3.77. The minimum atomic E-state index is -4.53. The first-order valence-electron chi connectivity index (χ1n) is 9.84. The lowest BCUT2D eigenvalue weighted by Crippen LogP contribution is -2.37. The Balaban J connectivity index is 1.48. The molecule has 0 saturated heterocycles. The summed E-state index contributed by atoms with van der Waals surface area (Å²) in [4.78, 5) is 5.92. The molecule has 2 aliphatic heterocycles. The van der Waals surface area contributed by atoms with Crippen molar-refractivity contribution in [2.45, 2.75) is 26.1 Å². The maximum atomic E-state index is 12.8. The van der Waals surface area contributed by atoms with Crippen LogP contribution < -0.4 is 10.6 Å². The Labute approximate surface area is 174 Å². The van der Waals surface area contributed by atoms with Gasteiger partial charge in [-0.25, -0.2) is 4.99 Å². The lowest BCUT2D eigenvalue weighted by Gasteiger charge is -2.31. The molecule has 2 heterocycles. The molecule has 2 aliphatic rings. The second-order valence-corrected chi connectivity index (χ2v) is 7.63. The van der Waals surface area contributed by atoms with E-state index in [0.717, 1.165) is 38.3 Å². The number of aliphatic imine (C=N–C) groups is 1. The summed E-state index contributed by atoms with van der Waals surface area (Å²) in [7, 11) is 0. The summed E-state index contributed by atoms with van der Waals surface area (Å²) in [5.41, 5.74) is 2.11. The van der Waals surface area contributed by atoms with E-state index in [9.17, 15) is 13.2 Å². The minimum absolute atomic E-state index is 0.0165. The van der Waals surface area contributed by atoms with Crippen molar-refractivity contribution in [1.82, 2.24) is 15.5 Å². The van der Waals surface area contributed by atoms with Crippen molar-refractivity contribution in [2.75, 3.05) is 19.6 Å². The highest BCUT2D eigenvalue weighted by Crippen LogP contribution is 2.21. The smallest absolute Gasteiger partial charge is 0.383 e. The number of benzene rings is 1. The van der Waals surface area contributed by atoms with Crippen molar-refractivity contribution in [3.63, 3.8) is 0 Å². The Bertz CT molecular complexity index is 898. The van der Waals surface area contributed by atoms with E-state index in [2.05, 4.69) is 58.3 Å². The van der Waals surface area contributed by atoms with Crippen molar-refractivity contribution in [3.05, 3.63) is 71.8 Å². The largest absolute Gasteiger partial charge is 0.433 e. The monoisotopic (exact) mass is 417 g/mol. The molecular weight excluding hydrogens is 391 g/mol. The topological polar surface area (TPSA) is 63.5 Å². The van der Waals surface area contributed by atoms with Crippen molar-refractivity contribution >= 4 is 11.4 Å². The number of nitrogens with one attached hydrogen (secondary N) is 3. The van der Waals surface area contributed by atoms with Crippen LogP contribution >= 0.6 is 0 Å². The summed E-state index contributed by atoms with van der Waals surface area (Å²) in [5, 5.41) is 13.8. The van der Waals surface area contributed by atoms with Crippen molar-refractivity contribution < 1.29 is 13.2 Å². The van der Waals surface area contributed by atoms with Crippen LogP contribution in [-0.4, -0.2) is 42.1 Å². The quantitative estimate of drug-likeness (QED) is 0.592. The van der Waals surface area contributed by atoms with E-state index in [-0.39, 0.29) is 11.5 Å². The van der Waals surface area contributed by atoms with E-state index in [1.807, 2.05) is 0 Å². The average molecular weight is 417 g/mol. The van der Waals surface area contributed by atoms with E-state index < -0.39 is 11.9 Å². The fourth-order valence-electron chi connectivity index (χ4n) is 3.47. The highest BCUT2D eigenvalue weighted by Gasteiger charge is 2.35. The molecule has 8 heteroatoms. The molecule has 0 fully saturated rings. The molecule has 0 aliphatic carbocycles. The number of alkyl halides is 3. The first-order chi connectivity index (χ1) is 14.2. The summed E-state index contributed by atoms with van der Waals surface area (Å²) in [6.07, 6.45) is -0.238. The van der Waals surface area contributed by atoms with Crippen molar-refractivity contribution in [3.8, 4) is 0 Å².